The SMILES string of the molecule is CC(CO)Oc1ccc(-c2ccc(OC(C)(C)O)cc2)cc1. The van der Waals surface area contributed by atoms with Crippen LogP contribution in [0.25, 0.3) is 11.1 Å². The van der Waals surface area contributed by atoms with E-state index in [2.05, 4.69) is 0 Å². The summed E-state index contributed by atoms with van der Waals surface area (Å²) in [6.45, 7) is 4.99. The van der Waals surface area contributed by atoms with Gasteiger partial charge in [-0.2, -0.15) is 0 Å². The van der Waals surface area contributed by atoms with Crippen molar-refractivity contribution in [2.75, 3.05) is 6.61 Å². The molecule has 0 aliphatic carbocycles. The molecule has 0 fully saturated rings. The number of hydrogen-bond acceptors (Lipinski definition) is 4. The normalized spacial score (nSPS) is 12.8. The maximum absolute atomic E-state index is 9.63. The van der Waals surface area contributed by atoms with Gasteiger partial charge >= 0.3 is 0 Å². The molecule has 0 aliphatic heterocycles. The van der Waals surface area contributed by atoms with Gasteiger partial charge in [0, 0.05) is 13.8 Å². The molecule has 0 bridgehead atoms. The van der Waals surface area contributed by atoms with E-state index in [9.17, 15) is 5.11 Å². The van der Waals surface area contributed by atoms with Gasteiger partial charge in [0.15, 0.2) is 0 Å². The summed E-state index contributed by atoms with van der Waals surface area (Å²) in [5.74, 6) is 0.157. The zero-order valence-corrected chi connectivity index (χ0v) is 13.1. The first-order chi connectivity index (χ1) is 10.4. The zero-order valence-electron chi connectivity index (χ0n) is 13.1. The smallest absolute Gasteiger partial charge is 0.202 e. The Kier molecular flexibility index (Phi) is 5.06. The quantitative estimate of drug-likeness (QED) is 0.804. The average Bonchev–Trinajstić information content (AvgIpc) is 2.47. The average molecular weight is 302 g/mol. The second kappa shape index (κ2) is 6.81. The van der Waals surface area contributed by atoms with Crippen molar-refractivity contribution in [2.45, 2.75) is 32.7 Å². The fraction of sp³-hybridized carbons (Fsp3) is 0.333. The van der Waals surface area contributed by atoms with Crippen LogP contribution in [0.1, 0.15) is 20.8 Å². The van der Waals surface area contributed by atoms with Crippen molar-refractivity contribution < 1.29 is 19.7 Å². The minimum Gasteiger partial charge on any atom is -0.488 e. The van der Waals surface area contributed by atoms with Gasteiger partial charge in [0.1, 0.15) is 17.6 Å². The molecule has 2 rings (SSSR count). The maximum Gasteiger partial charge on any atom is 0.202 e. The molecule has 118 valence electrons. The molecule has 2 N–H and O–H groups in total. The summed E-state index contributed by atoms with van der Waals surface area (Å²) < 4.78 is 10.9. The number of aliphatic hydroxyl groups is 2. The molecule has 0 spiro atoms. The van der Waals surface area contributed by atoms with Gasteiger partial charge in [-0.15, -0.1) is 0 Å². The lowest BCUT2D eigenvalue weighted by Gasteiger charge is -2.19. The van der Waals surface area contributed by atoms with E-state index in [4.69, 9.17) is 14.6 Å². The third kappa shape index (κ3) is 4.76. The Morgan fingerprint density at radius 3 is 1.77 bits per heavy atom. The van der Waals surface area contributed by atoms with E-state index in [1.54, 1.807) is 13.8 Å². The summed E-state index contributed by atoms with van der Waals surface area (Å²) in [7, 11) is 0. The van der Waals surface area contributed by atoms with Crippen LogP contribution in [0.2, 0.25) is 0 Å². The third-order valence-electron chi connectivity index (χ3n) is 3.00. The number of ether oxygens (including phenoxy) is 2. The van der Waals surface area contributed by atoms with Crippen molar-refractivity contribution in [2.24, 2.45) is 0 Å². The van der Waals surface area contributed by atoms with E-state index in [-0.39, 0.29) is 12.7 Å². The van der Waals surface area contributed by atoms with Crippen LogP contribution in [-0.2, 0) is 0 Å². The highest BCUT2D eigenvalue weighted by molar-refractivity contribution is 5.64. The Balaban J connectivity index is 2.08. The molecule has 4 heteroatoms. The van der Waals surface area contributed by atoms with Crippen LogP contribution >= 0.6 is 0 Å². The second-order valence-corrected chi connectivity index (χ2v) is 5.71. The molecule has 0 aliphatic rings. The van der Waals surface area contributed by atoms with Gasteiger partial charge in [0.2, 0.25) is 5.79 Å². The lowest BCUT2D eigenvalue weighted by atomic mass is 10.1. The van der Waals surface area contributed by atoms with Gasteiger partial charge in [-0.1, -0.05) is 24.3 Å². The van der Waals surface area contributed by atoms with Crippen LogP contribution in [0, 0.1) is 0 Å². The summed E-state index contributed by atoms with van der Waals surface area (Å²) in [6, 6.07) is 15.2. The van der Waals surface area contributed by atoms with Crippen molar-refractivity contribution >= 4 is 0 Å². The zero-order chi connectivity index (χ0) is 16.2. The highest BCUT2D eigenvalue weighted by Crippen LogP contribution is 2.26. The van der Waals surface area contributed by atoms with Gasteiger partial charge in [0.05, 0.1) is 6.61 Å². The van der Waals surface area contributed by atoms with E-state index in [0.29, 0.717) is 5.75 Å². The van der Waals surface area contributed by atoms with Crippen molar-refractivity contribution in [3.8, 4) is 22.6 Å². The van der Waals surface area contributed by atoms with Crippen LogP contribution in [0.4, 0.5) is 0 Å². The van der Waals surface area contributed by atoms with Crippen LogP contribution in [0.3, 0.4) is 0 Å². The Labute approximate surface area is 130 Å². The van der Waals surface area contributed by atoms with Crippen molar-refractivity contribution in [3.63, 3.8) is 0 Å². The van der Waals surface area contributed by atoms with Crippen LogP contribution in [0.5, 0.6) is 11.5 Å². The summed E-state index contributed by atoms with van der Waals surface area (Å²) in [5, 5.41) is 18.6. The predicted molar refractivity (Wildman–Crippen MR) is 86.0 cm³/mol. The van der Waals surface area contributed by atoms with Crippen molar-refractivity contribution in [1.82, 2.24) is 0 Å². The number of hydrogen-bond donors (Lipinski definition) is 2. The highest BCUT2D eigenvalue weighted by Gasteiger charge is 2.13. The fourth-order valence-electron chi connectivity index (χ4n) is 2.00. The molecule has 0 radical (unpaired) electrons. The topological polar surface area (TPSA) is 58.9 Å². The van der Waals surface area contributed by atoms with Gasteiger partial charge in [-0.25, -0.2) is 0 Å². The van der Waals surface area contributed by atoms with Crippen LogP contribution < -0.4 is 9.47 Å². The summed E-state index contributed by atoms with van der Waals surface area (Å²) >= 11 is 0. The Morgan fingerprint density at radius 2 is 1.36 bits per heavy atom. The molecule has 2 aromatic rings. The minimum atomic E-state index is -1.19. The van der Waals surface area contributed by atoms with Crippen LogP contribution in [0.15, 0.2) is 48.5 Å². The van der Waals surface area contributed by atoms with Crippen molar-refractivity contribution in [1.29, 1.82) is 0 Å². The maximum atomic E-state index is 9.63. The van der Waals surface area contributed by atoms with E-state index in [0.717, 1.165) is 16.9 Å². The number of benzene rings is 2. The minimum absolute atomic E-state index is 0.00950. The Hall–Kier alpha value is -2.04. The molecule has 2 aromatic carbocycles. The lowest BCUT2D eigenvalue weighted by Crippen LogP contribution is -2.26. The molecule has 0 saturated heterocycles. The first-order valence-electron chi connectivity index (χ1n) is 7.27. The van der Waals surface area contributed by atoms with E-state index >= 15 is 0 Å². The third-order valence-corrected chi connectivity index (χ3v) is 3.00. The highest BCUT2D eigenvalue weighted by atomic mass is 16.6. The summed E-state index contributed by atoms with van der Waals surface area (Å²) in [6.07, 6.45) is -0.218. The lowest BCUT2D eigenvalue weighted by molar-refractivity contribution is -0.104. The van der Waals surface area contributed by atoms with E-state index in [1.165, 1.54) is 0 Å². The summed E-state index contributed by atoms with van der Waals surface area (Å²) in [5.41, 5.74) is 2.10. The Morgan fingerprint density at radius 1 is 0.909 bits per heavy atom. The molecular formula is C18H22O4. The number of rotatable bonds is 6. The van der Waals surface area contributed by atoms with Crippen LogP contribution in [-0.4, -0.2) is 28.7 Å². The molecule has 0 saturated carbocycles. The Bertz CT molecular complexity index is 582. The van der Waals surface area contributed by atoms with E-state index < -0.39 is 5.79 Å². The number of aliphatic hydroxyl groups excluding tert-OH is 1. The van der Waals surface area contributed by atoms with Gasteiger partial charge < -0.3 is 19.7 Å². The molecule has 1 atom stereocenters. The second-order valence-electron chi connectivity index (χ2n) is 5.71. The first kappa shape index (κ1) is 16.3. The monoisotopic (exact) mass is 302 g/mol. The molecular weight excluding hydrogens is 280 g/mol. The van der Waals surface area contributed by atoms with Gasteiger partial charge in [-0.05, 0) is 42.3 Å². The largest absolute Gasteiger partial charge is 0.488 e. The van der Waals surface area contributed by atoms with E-state index in [1.807, 2.05) is 55.5 Å². The van der Waals surface area contributed by atoms with Gasteiger partial charge in [0.25, 0.3) is 0 Å². The molecule has 0 amide bonds. The summed E-state index contributed by atoms with van der Waals surface area (Å²) in [4.78, 5) is 0. The molecule has 22 heavy (non-hydrogen) atoms. The molecule has 1 unspecified atom stereocenters. The van der Waals surface area contributed by atoms with Crippen molar-refractivity contribution in [3.05, 3.63) is 48.5 Å². The molecule has 4 nitrogen and oxygen atoms in total. The molecule has 0 aromatic heterocycles. The first-order valence-corrected chi connectivity index (χ1v) is 7.27. The predicted octanol–water partition coefficient (Wildman–Crippen LogP) is 3.22. The fourth-order valence-corrected chi connectivity index (χ4v) is 2.00. The standard InChI is InChI=1S/C18H22O4/c1-13(12-19)21-16-8-4-14(5-9-16)15-6-10-17(11-7-15)22-18(2,3)20/h4-11,13,19-20H,12H2,1-3H3. The molecule has 0 heterocycles. The van der Waals surface area contributed by atoms with Gasteiger partial charge in [-0.3, -0.25) is 0 Å².